The zero-order valence-electron chi connectivity index (χ0n) is 13.0. The fourth-order valence-corrected chi connectivity index (χ4v) is 2.81. The van der Waals surface area contributed by atoms with E-state index in [1.54, 1.807) is 19.4 Å². The maximum absolute atomic E-state index is 12.0. The Bertz CT molecular complexity index is 685. The molecule has 1 aromatic heterocycles. The predicted molar refractivity (Wildman–Crippen MR) is 86.2 cm³/mol. The lowest BCUT2D eigenvalue weighted by atomic mass is 10.1. The first-order valence-corrected chi connectivity index (χ1v) is 7.69. The van der Waals surface area contributed by atoms with Crippen molar-refractivity contribution in [2.45, 2.75) is 25.3 Å². The van der Waals surface area contributed by atoms with E-state index in [1.807, 2.05) is 12.1 Å². The average molecular weight is 312 g/mol. The lowest BCUT2D eigenvalue weighted by molar-refractivity contribution is -0.121. The number of nitrogens with zero attached hydrogens (tertiary/aromatic N) is 1. The highest BCUT2D eigenvalue weighted by Crippen LogP contribution is 2.49. The number of hydrogen-bond donors (Lipinski definition) is 2. The molecule has 2 aromatic rings. The molecule has 1 aliphatic carbocycles. The highest BCUT2D eigenvalue weighted by Gasteiger charge is 2.39. The Morgan fingerprint density at radius 3 is 2.83 bits per heavy atom. The number of carbonyl (C=O) groups excluding carboxylic acids is 1. The molecular formula is C18H20N2O3. The van der Waals surface area contributed by atoms with Gasteiger partial charge in [0.2, 0.25) is 5.91 Å². The third-order valence-electron chi connectivity index (χ3n) is 4.18. The van der Waals surface area contributed by atoms with E-state index in [9.17, 15) is 9.90 Å². The SMILES string of the molecule is COc1ccc([C@@H]2C[C@H]2CC(=O)NCc2cncc(O)c2)cc1. The zero-order chi connectivity index (χ0) is 16.2. The van der Waals surface area contributed by atoms with Gasteiger partial charge in [0.1, 0.15) is 11.5 Å². The van der Waals surface area contributed by atoms with Gasteiger partial charge in [0, 0.05) is 19.2 Å². The highest BCUT2D eigenvalue weighted by atomic mass is 16.5. The van der Waals surface area contributed by atoms with E-state index < -0.39 is 0 Å². The minimum absolute atomic E-state index is 0.0364. The van der Waals surface area contributed by atoms with Crippen molar-refractivity contribution in [2.24, 2.45) is 5.92 Å². The summed E-state index contributed by atoms with van der Waals surface area (Å²) >= 11 is 0. The molecule has 2 atom stereocenters. The van der Waals surface area contributed by atoms with Crippen LogP contribution in [-0.2, 0) is 11.3 Å². The summed E-state index contributed by atoms with van der Waals surface area (Å²) in [5.41, 5.74) is 2.06. The van der Waals surface area contributed by atoms with Gasteiger partial charge < -0.3 is 15.2 Å². The monoisotopic (exact) mass is 312 g/mol. The largest absolute Gasteiger partial charge is 0.506 e. The van der Waals surface area contributed by atoms with Crippen molar-refractivity contribution in [2.75, 3.05) is 7.11 Å². The normalized spacial score (nSPS) is 19.2. The quantitative estimate of drug-likeness (QED) is 0.860. The summed E-state index contributed by atoms with van der Waals surface area (Å²) in [5, 5.41) is 12.2. The van der Waals surface area contributed by atoms with Gasteiger partial charge in [-0.15, -0.1) is 0 Å². The fourth-order valence-electron chi connectivity index (χ4n) is 2.81. The Morgan fingerprint density at radius 1 is 1.35 bits per heavy atom. The molecule has 23 heavy (non-hydrogen) atoms. The molecule has 0 aliphatic heterocycles. The van der Waals surface area contributed by atoms with Crippen LogP contribution in [0.15, 0.2) is 42.7 Å². The molecule has 5 nitrogen and oxygen atoms in total. The molecule has 1 amide bonds. The highest BCUT2D eigenvalue weighted by molar-refractivity contribution is 5.76. The molecule has 1 saturated carbocycles. The molecule has 1 fully saturated rings. The molecular weight excluding hydrogens is 292 g/mol. The van der Waals surface area contributed by atoms with Gasteiger partial charge in [0.25, 0.3) is 0 Å². The van der Waals surface area contributed by atoms with Gasteiger partial charge >= 0.3 is 0 Å². The number of pyridine rings is 1. The van der Waals surface area contributed by atoms with Crippen LogP contribution in [0.3, 0.4) is 0 Å². The number of benzene rings is 1. The molecule has 5 heteroatoms. The second kappa shape index (κ2) is 6.69. The number of rotatable bonds is 6. The van der Waals surface area contributed by atoms with Crippen LogP contribution in [0.5, 0.6) is 11.5 Å². The van der Waals surface area contributed by atoms with Crippen LogP contribution in [0.25, 0.3) is 0 Å². The minimum atomic E-state index is 0.0364. The van der Waals surface area contributed by atoms with E-state index in [1.165, 1.54) is 11.8 Å². The fraction of sp³-hybridized carbons (Fsp3) is 0.333. The first-order valence-electron chi connectivity index (χ1n) is 7.69. The molecule has 0 spiro atoms. The lowest BCUT2D eigenvalue weighted by Gasteiger charge is -2.06. The molecule has 1 aliphatic rings. The minimum Gasteiger partial charge on any atom is -0.506 e. The molecule has 1 aromatic carbocycles. The van der Waals surface area contributed by atoms with Crippen molar-refractivity contribution >= 4 is 5.91 Å². The second-order valence-corrected chi connectivity index (χ2v) is 5.91. The van der Waals surface area contributed by atoms with E-state index >= 15 is 0 Å². The number of methoxy groups -OCH3 is 1. The summed E-state index contributed by atoms with van der Waals surface area (Å²) in [6.07, 6.45) is 4.59. The number of hydrogen-bond acceptors (Lipinski definition) is 4. The van der Waals surface area contributed by atoms with Gasteiger partial charge in [-0.1, -0.05) is 12.1 Å². The van der Waals surface area contributed by atoms with Crippen molar-refractivity contribution in [3.05, 3.63) is 53.9 Å². The predicted octanol–water partition coefficient (Wildman–Crippen LogP) is 2.61. The third-order valence-corrected chi connectivity index (χ3v) is 4.18. The Morgan fingerprint density at radius 2 is 2.13 bits per heavy atom. The molecule has 3 rings (SSSR count). The van der Waals surface area contributed by atoms with Crippen molar-refractivity contribution in [1.29, 1.82) is 0 Å². The first kappa shape index (κ1) is 15.3. The number of carbonyl (C=O) groups is 1. The number of aromatic nitrogens is 1. The molecule has 0 bridgehead atoms. The lowest BCUT2D eigenvalue weighted by Crippen LogP contribution is -2.23. The van der Waals surface area contributed by atoms with Gasteiger partial charge in [-0.3, -0.25) is 9.78 Å². The number of aromatic hydroxyl groups is 1. The van der Waals surface area contributed by atoms with Crippen molar-refractivity contribution in [3.63, 3.8) is 0 Å². The van der Waals surface area contributed by atoms with Crippen LogP contribution in [0.1, 0.15) is 29.9 Å². The first-order chi connectivity index (χ1) is 11.2. The Labute approximate surface area is 135 Å². The van der Waals surface area contributed by atoms with Gasteiger partial charge in [-0.25, -0.2) is 0 Å². The molecule has 0 saturated heterocycles. The standard InChI is InChI=1S/C18H20N2O3/c1-23-16-4-2-13(3-5-16)17-7-14(17)8-18(22)20-10-12-6-15(21)11-19-9-12/h2-6,9,11,14,17,21H,7-8,10H2,1H3,(H,20,22)/t14-,17-/m0/s1. The number of nitrogens with one attached hydrogen (secondary N) is 1. The Kier molecular flexibility index (Phi) is 4.46. The molecule has 1 heterocycles. The third kappa shape index (κ3) is 4.00. The van der Waals surface area contributed by atoms with Crippen molar-refractivity contribution in [1.82, 2.24) is 10.3 Å². The Balaban J connectivity index is 1.46. The molecule has 2 N–H and O–H groups in total. The van der Waals surface area contributed by atoms with Crippen LogP contribution in [-0.4, -0.2) is 23.1 Å². The van der Waals surface area contributed by atoms with Crippen LogP contribution < -0.4 is 10.1 Å². The van der Waals surface area contributed by atoms with Crippen LogP contribution in [0.2, 0.25) is 0 Å². The topological polar surface area (TPSA) is 71.5 Å². The van der Waals surface area contributed by atoms with Crippen LogP contribution in [0, 0.1) is 5.92 Å². The Hall–Kier alpha value is -2.56. The van der Waals surface area contributed by atoms with Gasteiger partial charge in [-0.05, 0) is 47.6 Å². The van der Waals surface area contributed by atoms with Gasteiger partial charge in [0.05, 0.1) is 13.3 Å². The number of ether oxygens (including phenoxy) is 1. The zero-order valence-corrected chi connectivity index (χ0v) is 13.0. The van der Waals surface area contributed by atoms with E-state index in [0.29, 0.717) is 24.8 Å². The average Bonchev–Trinajstić information content (AvgIpc) is 3.32. The van der Waals surface area contributed by atoms with E-state index in [0.717, 1.165) is 17.7 Å². The van der Waals surface area contributed by atoms with Crippen LogP contribution >= 0.6 is 0 Å². The smallest absolute Gasteiger partial charge is 0.220 e. The summed E-state index contributed by atoms with van der Waals surface area (Å²) in [6, 6.07) is 9.66. The summed E-state index contributed by atoms with van der Waals surface area (Å²) in [6.45, 7) is 0.389. The molecule has 120 valence electrons. The van der Waals surface area contributed by atoms with Gasteiger partial charge in [-0.2, -0.15) is 0 Å². The van der Waals surface area contributed by atoms with Crippen molar-refractivity contribution in [3.8, 4) is 11.5 Å². The van der Waals surface area contributed by atoms with Crippen molar-refractivity contribution < 1.29 is 14.6 Å². The van der Waals surface area contributed by atoms with E-state index in [-0.39, 0.29) is 11.7 Å². The van der Waals surface area contributed by atoms with E-state index in [4.69, 9.17) is 4.74 Å². The summed E-state index contributed by atoms with van der Waals surface area (Å²) < 4.78 is 5.16. The molecule has 0 unspecified atom stereocenters. The maximum Gasteiger partial charge on any atom is 0.220 e. The maximum atomic E-state index is 12.0. The van der Waals surface area contributed by atoms with E-state index in [2.05, 4.69) is 22.4 Å². The number of amides is 1. The summed E-state index contributed by atoms with van der Waals surface area (Å²) in [7, 11) is 1.65. The second-order valence-electron chi connectivity index (χ2n) is 5.91. The summed E-state index contributed by atoms with van der Waals surface area (Å²) in [4.78, 5) is 15.9. The van der Waals surface area contributed by atoms with Crippen LogP contribution in [0.4, 0.5) is 0 Å². The molecule has 0 radical (unpaired) electrons. The summed E-state index contributed by atoms with van der Waals surface area (Å²) in [5.74, 6) is 1.87. The van der Waals surface area contributed by atoms with Gasteiger partial charge in [0.15, 0.2) is 0 Å².